The summed E-state index contributed by atoms with van der Waals surface area (Å²) in [5.41, 5.74) is 3.82. The van der Waals surface area contributed by atoms with Gasteiger partial charge in [-0.25, -0.2) is 4.98 Å². The highest BCUT2D eigenvalue weighted by molar-refractivity contribution is 6.36. The van der Waals surface area contributed by atoms with Crippen LogP contribution in [0.2, 0.25) is 5.02 Å². The fourth-order valence-electron chi connectivity index (χ4n) is 4.21. The molecule has 4 aromatic rings. The largest absolute Gasteiger partial charge is 0.366 e. The molecule has 0 atom stereocenters. The molecule has 0 aliphatic carbocycles. The molecule has 1 saturated heterocycles. The highest BCUT2D eigenvalue weighted by Crippen LogP contribution is 2.29. The van der Waals surface area contributed by atoms with E-state index in [4.69, 9.17) is 24.4 Å². The fourth-order valence-corrected chi connectivity index (χ4v) is 4.40. The van der Waals surface area contributed by atoms with Gasteiger partial charge >= 0.3 is 0 Å². The van der Waals surface area contributed by atoms with Gasteiger partial charge in [-0.3, -0.25) is 9.78 Å². The summed E-state index contributed by atoms with van der Waals surface area (Å²) < 4.78 is 1.73. The third-order valence-electron chi connectivity index (χ3n) is 5.99. The van der Waals surface area contributed by atoms with Crippen LogP contribution in [0, 0.1) is 0 Å². The van der Waals surface area contributed by atoms with Crippen LogP contribution in [0.1, 0.15) is 40.4 Å². The second-order valence-electron chi connectivity index (χ2n) is 8.19. The lowest BCUT2D eigenvalue weighted by Gasteiger charge is -2.32. The first-order valence-corrected chi connectivity index (χ1v) is 11.3. The predicted molar refractivity (Wildman–Crippen MR) is 129 cm³/mol. The Bertz CT molecular complexity index is 1290. The van der Waals surface area contributed by atoms with Crippen LogP contribution >= 0.6 is 11.6 Å². The highest BCUT2D eigenvalue weighted by Gasteiger charge is 2.26. The first-order valence-electron chi connectivity index (χ1n) is 10.9. The number of nitrogens with one attached hydrogen (secondary N) is 1. The van der Waals surface area contributed by atoms with Gasteiger partial charge in [-0.2, -0.15) is 9.61 Å². The van der Waals surface area contributed by atoms with Crippen LogP contribution in [0.5, 0.6) is 0 Å². The van der Waals surface area contributed by atoms with Gasteiger partial charge in [0.05, 0.1) is 0 Å². The number of anilines is 1. The van der Waals surface area contributed by atoms with Gasteiger partial charge in [0, 0.05) is 66.5 Å². The normalized spacial score (nSPS) is 14.5. The molecule has 1 amide bonds. The molecule has 33 heavy (non-hydrogen) atoms. The average molecular weight is 457 g/mol. The van der Waals surface area contributed by atoms with Crippen molar-refractivity contribution >= 4 is 42.3 Å². The smallest absolute Gasteiger partial charge is 0.253 e. The van der Waals surface area contributed by atoms with E-state index in [1.54, 1.807) is 41.2 Å². The lowest BCUT2D eigenvalue weighted by atomic mass is 9.92. The number of carbonyl (C=O) groups is 1. The first kappa shape index (κ1) is 21.5. The van der Waals surface area contributed by atoms with Crippen LogP contribution in [0.3, 0.4) is 0 Å². The lowest BCUT2D eigenvalue weighted by Crippen LogP contribution is -2.38. The molecule has 7 nitrogen and oxygen atoms in total. The molecule has 164 valence electrons. The Balaban J connectivity index is 1.33. The zero-order chi connectivity index (χ0) is 22.8. The minimum atomic E-state index is 0.0122. The van der Waals surface area contributed by atoms with E-state index in [0.29, 0.717) is 41.3 Å². The van der Waals surface area contributed by atoms with Crippen LogP contribution < -0.4 is 10.8 Å². The number of hydrogen-bond donors (Lipinski definition) is 1. The Kier molecular flexibility index (Phi) is 6.00. The van der Waals surface area contributed by atoms with Crippen molar-refractivity contribution in [3.05, 3.63) is 82.9 Å². The number of pyridine rings is 1. The molecule has 9 heteroatoms. The SMILES string of the molecule is [B]c1cnn2c(NCc3cccnc3)cc(C3CCN(C(=O)c4cccc(Cl)c4)CC3)nc12. The number of piperidine rings is 1. The van der Waals surface area contributed by atoms with E-state index in [-0.39, 0.29) is 11.8 Å². The summed E-state index contributed by atoms with van der Waals surface area (Å²) in [4.78, 5) is 23.7. The summed E-state index contributed by atoms with van der Waals surface area (Å²) in [7, 11) is 6.14. The maximum Gasteiger partial charge on any atom is 0.253 e. The molecule has 0 spiro atoms. The molecule has 1 aliphatic rings. The number of halogens is 1. The number of amides is 1. The molecular weight excluding hydrogens is 435 g/mol. The molecule has 4 heterocycles. The topological polar surface area (TPSA) is 75.4 Å². The lowest BCUT2D eigenvalue weighted by molar-refractivity contribution is 0.0712. The summed E-state index contributed by atoms with van der Waals surface area (Å²) in [6.45, 7) is 1.94. The highest BCUT2D eigenvalue weighted by atomic mass is 35.5. The second kappa shape index (κ2) is 9.23. The van der Waals surface area contributed by atoms with Crippen molar-refractivity contribution in [1.29, 1.82) is 0 Å². The van der Waals surface area contributed by atoms with Gasteiger partial charge in [0.15, 0.2) is 0 Å². The Morgan fingerprint density at radius 3 is 2.76 bits per heavy atom. The standard InChI is InChI=1S/C24H22BClN6O/c25-20-15-29-32-22(28-14-16-3-2-8-27-13-16)12-21(30-23(20)32)17-6-9-31(10-7-17)24(33)18-4-1-5-19(26)11-18/h1-5,8,11-13,15,17,28H,6-7,9-10,14H2. The van der Waals surface area contributed by atoms with Gasteiger partial charge in [-0.05, 0) is 48.1 Å². The van der Waals surface area contributed by atoms with Crippen molar-refractivity contribution in [2.24, 2.45) is 0 Å². The number of nitrogens with zero attached hydrogens (tertiary/aromatic N) is 5. The number of aromatic nitrogens is 4. The Labute approximate surface area is 198 Å². The van der Waals surface area contributed by atoms with E-state index in [1.807, 2.05) is 29.3 Å². The first-order chi connectivity index (χ1) is 16.1. The van der Waals surface area contributed by atoms with Crippen molar-refractivity contribution < 1.29 is 4.79 Å². The number of carbonyl (C=O) groups excluding carboxylic acids is 1. The molecule has 0 bridgehead atoms. The summed E-state index contributed by atoms with van der Waals surface area (Å²) in [6.07, 6.45) is 6.85. The Morgan fingerprint density at radius 2 is 2.00 bits per heavy atom. The van der Waals surface area contributed by atoms with Crippen LogP contribution in [0.4, 0.5) is 5.82 Å². The molecule has 0 unspecified atom stereocenters. The Hall–Kier alpha value is -3.39. The van der Waals surface area contributed by atoms with E-state index in [1.165, 1.54) is 0 Å². The fraction of sp³-hybridized carbons (Fsp3) is 0.250. The van der Waals surface area contributed by atoms with Gasteiger partial charge in [0.25, 0.3) is 5.91 Å². The van der Waals surface area contributed by atoms with Crippen molar-refractivity contribution in [2.45, 2.75) is 25.3 Å². The van der Waals surface area contributed by atoms with E-state index in [9.17, 15) is 4.79 Å². The summed E-state index contributed by atoms with van der Waals surface area (Å²) >= 11 is 6.06. The maximum absolute atomic E-state index is 12.9. The third-order valence-corrected chi connectivity index (χ3v) is 6.22. The minimum absolute atomic E-state index is 0.0122. The molecule has 1 N–H and O–H groups in total. The van der Waals surface area contributed by atoms with Crippen LogP contribution in [-0.4, -0.2) is 51.3 Å². The minimum Gasteiger partial charge on any atom is -0.366 e. The van der Waals surface area contributed by atoms with Crippen LogP contribution in [0.15, 0.2) is 61.1 Å². The molecule has 1 aromatic carbocycles. The number of benzene rings is 1. The summed E-state index contributed by atoms with van der Waals surface area (Å²) in [5, 5.41) is 8.39. The van der Waals surface area contributed by atoms with Gasteiger partial charge in [-0.15, -0.1) is 0 Å². The summed E-state index contributed by atoms with van der Waals surface area (Å²) in [5.74, 6) is 1.07. The number of rotatable bonds is 5. The zero-order valence-corrected chi connectivity index (χ0v) is 18.7. The van der Waals surface area contributed by atoms with Gasteiger partial charge in [0.2, 0.25) is 0 Å². The molecule has 0 saturated carbocycles. The monoisotopic (exact) mass is 456 g/mol. The van der Waals surface area contributed by atoms with Crippen LogP contribution in [0.25, 0.3) is 5.65 Å². The quantitative estimate of drug-likeness (QED) is 0.467. The van der Waals surface area contributed by atoms with E-state index in [2.05, 4.69) is 15.4 Å². The maximum atomic E-state index is 12.9. The number of fused-ring (bicyclic) bond motifs is 1. The predicted octanol–water partition coefficient (Wildman–Crippen LogP) is 3.20. The molecule has 1 aliphatic heterocycles. The number of likely N-dealkylation sites (tertiary alicyclic amines) is 1. The van der Waals surface area contributed by atoms with Crippen molar-refractivity contribution in [2.75, 3.05) is 18.4 Å². The third kappa shape index (κ3) is 4.57. The summed E-state index contributed by atoms with van der Waals surface area (Å²) in [6, 6.07) is 13.1. The molecule has 3 aromatic heterocycles. The van der Waals surface area contributed by atoms with E-state index >= 15 is 0 Å². The molecule has 5 rings (SSSR count). The van der Waals surface area contributed by atoms with Gasteiger partial charge < -0.3 is 10.2 Å². The van der Waals surface area contributed by atoms with E-state index in [0.717, 1.165) is 29.9 Å². The van der Waals surface area contributed by atoms with Gasteiger partial charge in [-0.1, -0.05) is 23.7 Å². The Morgan fingerprint density at radius 1 is 1.15 bits per heavy atom. The zero-order valence-electron chi connectivity index (χ0n) is 18.0. The van der Waals surface area contributed by atoms with Crippen LogP contribution in [-0.2, 0) is 6.54 Å². The molecule has 2 radical (unpaired) electrons. The van der Waals surface area contributed by atoms with E-state index < -0.39 is 0 Å². The molecule has 1 fully saturated rings. The molecular formula is C24H22BClN6O. The second-order valence-corrected chi connectivity index (χ2v) is 8.63. The van der Waals surface area contributed by atoms with Gasteiger partial charge in [0.1, 0.15) is 19.3 Å². The average Bonchev–Trinajstić information content (AvgIpc) is 3.23. The van der Waals surface area contributed by atoms with Crippen molar-refractivity contribution in [1.82, 2.24) is 24.5 Å². The van der Waals surface area contributed by atoms with Crippen molar-refractivity contribution in [3.63, 3.8) is 0 Å². The van der Waals surface area contributed by atoms with Crippen molar-refractivity contribution in [3.8, 4) is 0 Å². The number of hydrogen-bond acceptors (Lipinski definition) is 5.